The van der Waals surface area contributed by atoms with Crippen molar-refractivity contribution in [3.8, 4) is 0 Å². The van der Waals surface area contributed by atoms with Crippen molar-refractivity contribution >= 4 is 57.7 Å². The maximum atomic E-state index is 4.76. The van der Waals surface area contributed by atoms with Gasteiger partial charge in [0, 0.05) is 6.20 Å². The quantitative estimate of drug-likeness (QED) is 0.508. The number of hydrogen-bond acceptors (Lipinski definition) is 1. The first-order chi connectivity index (χ1) is 3.39. The third-order valence-corrected chi connectivity index (χ3v) is 0.934. The minimum atomic E-state index is 0. The van der Waals surface area contributed by atoms with Crippen molar-refractivity contribution in [2.75, 3.05) is 0 Å². The van der Waals surface area contributed by atoms with Crippen molar-refractivity contribution in [1.29, 1.82) is 0 Å². The van der Waals surface area contributed by atoms with E-state index >= 15 is 0 Å². The van der Waals surface area contributed by atoms with E-state index < -0.39 is 0 Å². The molecule has 0 aliphatic heterocycles. The number of H-pyrrole nitrogens is 1. The number of aromatic nitrogens is 1. The van der Waals surface area contributed by atoms with Gasteiger partial charge in [-0.05, 0) is 12.1 Å². The second-order valence-corrected chi connectivity index (χ2v) is 1.67. The molecule has 4 heteroatoms. The molecule has 3 N–H and O–H groups in total. The third-order valence-electron chi connectivity index (χ3n) is 0.681. The van der Waals surface area contributed by atoms with Crippen LogP contribution >= 0.6 is 12.2 Å². The van der Waals surface area contributed by atoms with Crippen LogP contribution in [0.5, 0.6) is 0 Å². The first-order valence-corrected chi connectivity index (χ1v) is 2.44. The predicted molar refractivity (Wildman–Crippen MR) is 43.2 cm³/mol. The average molecular weight is 219 g/mol. The molecule has 0 unspecified atom stereocenters. The second kappa shape index (κ2) is 6.92. The van der Waals surface area contributed by atoms with E-state index in [1.807, 2.05) is 24.4 Å². The first-order valence-electron chi connectivity index (χ1n) is 2.03. The molecule has 1 heterocycles. The van der Waals surface area contributed by atoms with Crippen LogP contribution in [0.4, 0.5) is 0 Å². The van der Waals surface area contributed by atoms with Crippen LogP contribution in [-0.4, -0.2) is 55.9 Å². The molecule has 0 bridgehead atoms. The van der Waals surface area contributed by atoms with Crippen molar-refractivity contribution < 1.29 is 8.33 Å². The van der Waals surface area contributed by atoms with Crippen molar-refractivity contribution in [3.63, 3.8) is 0 Å². The molecule has 0 aliphatic carbocycles. The fourth-order valence-electron chi connectivity index (χ4n) is 0.377. The van der Waals surface area contributed by atoms with Crippen molar-refractivity contribution in [2.45, 2.75) is 0 Å². The van der Waals surface area contributed by atoms with Gasteiger partial charge >= 0.3 is 45.5 Å². The zero-order valence-corrected chi connectivity index (χ0v) is 9.22. The Kier molecular flexibility index (Phi) is 9.60. The Hall–Kier alpha value is 0.811. The van der Waals surface area contributed by atoms with E-state index in [-0.39, 0.29) is 53.8 Å². The van der Waals surface area contributed by atoms with Crippen molar-refractivity contribution in [2.24, 2.45) is 0 Å². The summed E-state index contributed by atoms with van der Waals surface area (Å²) >= 11 is 4.76. The molecule has 0 spiro atoms. The van der Waals surface area contributed by atoms with Crippen LogP contribution in [-0.2, 0) is 0 Å². The van der Waals surface area contributed by atoms with Crippen LogP contribution < -0.4 is 0 Å². The fraction of sp³-hybridized carbons (Fsp3) is 0. The Morgan fingerprint density at radius 2 is 2.11 bits per heavy atom. The minimum absolute atomic E-state index is 0. The van der Waals surface area contributed by atoms with E-state index in [1.54, 1.807) is 0 Å². The van der Waals surface area contributed by atoms with Gasteiger partial charge in [-0.3, -0.25) is 0 Å². The number of pyridine rings is 1. The maximum absolute atomic E-state index is 4.76. The standard InChI is InChI=1S/C5H5NS.H2O.Sr.2H/c7-5-3-1-2-4-6-5;;;;/h1-4H,(H,6,7);1H2;;;/q;;+2;2*-1. The molecule has 2 nitrogen and oxygen atoms in total. The van der Waals surface area contributed by atoms with Gasteiger partial charge in [-0.15, -0.1) is 0 Å². The van der Waals surface area contributed by atoms with Gasteiger partial charge in [-0.1, -0.05) is 18.3 Å². The van der Waals surface area contributed by atoms with Gasteiger partial charge < -0.3 is 13.3 Å². The molecule has 48 valence electrons. The summed E-state index contributed by atoms with van der Waals surface area (Å²) in [4.78, 5) is 2.85. The molecule has 0 aliphatic rings. The molecule has 1 rings (SSSR count). The Morgan fingerprint density at radius 1 is 1.44 bits per heavy atom. The molecular formula is C5H9NOSSr. The molecule has 1 aromatic rings. The Morgan fingerprint density at radius 3 is 2.33 bits per heavy atom. The fourth-order valence-corrected chi connectivity index (χ4v) is 0.523. The third kappa shape index (κ3) is 5.26. The first kappa shape index (κ1) is 12.5. The predicted octanol–water partition coefficient (Wildman–Crippen LogP) is 0.764. The molecule has 1 aromatic heterocycles. The van der Waals surface area contributed by atoms with Crippen molar-refractivity contribution in [1.82, 2.24) is 4.98 Å². The van der Waals surface area contributed by atoms with E-state index in [0.717, 1.165) is 4.64 Å². The van der Waals surface area contributed by atoms with E-state index in [9.17, 15) is 0 Å². The van der Waals surface area contributed by atoms with Crippen LogP contribution in [0.2, 0.25) is 0 Å². The molecule has 0 saturated carbocycles. The Balaban J connectivity index is -0.0000000612. The second-order valence-electron chi connectivity index (χ2n) is 1.23. The van der Waals surface area contributed by atoms with Gasteiger partial charge in [0.25, 0.3) is 0 Å². The number of hydrogen-bond donors (Lipinski definition) is 1. The van der Waals surface area contributed by atoms with Gasteiger partial charge in [0.05, 0.1) is 0 Å². The molecule has 0 atom stereocenters. The van der Waals surface area contributed by atoms with Gasteiger partial charge in [-0.25, -0.2) is 0 Å². The van der Waals surface area contributed by atoms with Gasteiger partial charge in [-0.2, -0.15) is 0 Å². The van der Waals surface area contributed by atoms with Crippen LogP contribution in [0.15, 0.2) is 24.4 Å². The SMILES string of the molecule is O.S=c1cccc[nH]1.[H-].[H-].[Sr+2]. The Bertz CT molecular complexity index is 190. The van der Waals surface area contributed by atoms with E-state index in [4.69, 9.17) is 12.2 Å². The van der Waals surface area contributed by atoms with E-state index in [1.165, 1.54) is 0 Å². The van der Waals surface area contributed by atoms with Crippen LogP contribution in [0.1, 0.15) is 2.85 Å². The summed E-state index contributed by atoms with van der Waals surface area (Å²) in [6.45, 7) is 0. The molecule has 0 saturated heterocycles. The van der Waals surface area contributed by atoms with Crippen LogP contribution in [0.25, 0.3) is 0 Å². The molecule has 0 aromatic carbocycles. The largest absolute Gasteiger partial charge is 2.00 e. The molecular weight excluding hydrogens is 210 g/mol. The number of nitrogens with one attached hydrogen (secondary N) is 1. The summed E-state index contributed by atoms with van der Waals surface area (Å²) in [5.41, 5.74) is 0. The van der Waals surface area contributed by atoms with Gasteiger partial charge in [0.15, 0.2) is 0 Å². The summed E-state index contributed by atoms with van der Waals surface area (Å²) in [5.74, 6) is 0. The van der Waals surface area contributed by atoms with E-state index in [2.05, 4.69) is 4.98 Å². The normalized spacial score (nSPS) is 6.67. The number of rotatable bonds is 0. The maximum Gasteiger partial charge on any atom is 2.00 e. The summed E-state index contributed by atoms with van der Waals surface area (Å²) in [5, 5.41) is 0. The summed E-state index contributed by atoms with van der Waals surface area (Å²) in [6, 6.07) is 5.64. The topological polar surface area (TPSA) is 47.3 Å². The zero-order valence-electron chi connectivity index (χ0n) is 6.92. The van der Waals surface area contributed by atoms with Crippen LogP contribution in [0, 0.1) is 4.64 Å². The average Bonchev–Trinajstić information content (AvgIpc) is 1.69. The van der Waals surface area contributed by atoms with E-state index in [0.29, 0.717) is 0 Å². The molecule has 0 radical (unpaired) electrons. The minimum Gasteiger partial charge on any atom is -1.00 e. The zero-order chi connectivity index (χ0) is 5.11. The van der Waals surface area contributed by atoms with Crippen LogP contribution in [0.3, 0.4) is 0 Å². The van der Waals surface area contributed by atoms with Gasteiger partial charge in [0.1, 0.15) is 4.64 Å². The van der Waals surface area contributed by atoms with Crippen molar-refractivity contribution in [3.05, 3.63) is 29.0 Å². The summed E-state index contributed by atoms with van der Waals surface area (Å²) in [6.07, 6.45) is 1.81. The molecule has 0 fully saturated rings. The summed E-state index contributed by atoms with van der Waals surface area (Å²) in [7, 11) is 0. The summed E-state index contributed by atoms with van der Waals surface area (Å²) < 4.78 is 0.780. The monoisotopic (exact) mass is 219 g/mol. The molecule has 9 heavy (non-hydrogen) atoms. The van der Waals surface area contributed by atoms with Gasteiger partial charge in [0.2, 0.25) is 0 Å². The molecule has 0 amide bonds. The number of aromatic amines is 1. The smallest absolute Gasteiger partial charge is 1.00 e. The Labute approximate surface area is 98.8 Å².